The quantitative estimate of drug-likeness (QED) is 0.438. The highest BCUT2D eigenvalue weighted by atomic mass is 32.2. The van der Waals surface area contributed by atoms with E-state index < -0.39 is 14.9 Å². The van der Waals surface area contributed by atoms with Gasteiger partial charge in [0.15, 0.2) is 0 Å². The first-order valence-electron chi connectivity index (χ1n) is 9.02. The van der Waals surface area contributed by atoms with E-state index in [1.807, 2.05) is 24.3 Å². The lowest BCUT2D eigenvalue weighted by molar-refractivity contribution is -0.385. The van der Waals surface area contributed by atoms with Crippen molar-refractivity contribution in [1.29, 1.82) is 0 Å². The molecule has 0 bridgehead atoms. The minimum absolute atomic E-state index is 0.214. The Labute approximate surface area is 169 Å². The van der Waals surface area contributed by atoms with Crippen LogP contribution in [0.5, 0.6) is 0 Å². The number of hydrogen-bond acceptors (Lipinski definition) is 7. The molecule has 1 fully saturated rings. The second-order valence-electron chi connectivity index (χ2n) is 6.64. The summed E-state index contributed by atoms with van der Waals surface area (Å²) in [5.74, 6) is 0. The van der Waals surface area contributed by atoms with E-state index in [0.717, 1.165) is 30.4 Å². The number of rotatable bonds is 6. The van der Waals surface area contributed by atoms with Crippen LogP contribution >= 0.6 is 0 Å². The van der Waals surface area contributed by atoms with Crippen LogP contribution in [0.1, 0.15) is 18.1 Å². The minimum Gasteiger partial charge on any atom is -0.378 e. The van der Waals surface area contributed by atoms with Gasteiger partial charge in [-0.25, -0.2) is 0 Å². The van der Waals surface area contributed by atoms with E-state index in [1.54, 1.807) is 13.8 Å². The maximum absolute atomic E-state index is 12.5. The van der Waals surface area contributed by atoms with E-state index in [9.17, 15) is 18.5 Å². The molecule has 1 heterocycles. The van der Waals surface area contributed by atoms with E-state index in [0.29, 0.717) is 24.5 Å². The van der Waals surface area contributed by atoms with Gasteiger partial charge in [0, 0.05) is 30.4 Å². The van der Waals surface area contributed by atoms with E-state index >= 15 is 0 Å². The Balaban J connectivity index is 1.74. The molecule has 1 N–H and O–H groups in total. The molecule has 0 aromatic heterocycles. The van der Waals surface area contributed by atoms with Crippen LogP contribution in [0.2, 0.25) is 0 Å². The number of morpholine rings is 1. The maximum atomic E-state index is 12.5. The number of nitro groups is 1. The molecule has 29 heavy (non-hydrogen) atoms. The van der Waals surface area contributed by atoms with Gasteiger partial charge in [-0.3, -0.25) is 10.1 Å². The average Bonchev–Trinajstić information content (AvgIpc) is 2.73. The van der Waals surface area contributed by atoms with Gasteiger partial charge in [0.05, 0.1) is 28.7 Å². The topological polar surface area (TPSA) is 114 Å². The molecule has 154 valence electrons. The zero-order valence-electron chi connectivity index (χ0n) is 16.2. The lowest BCUT2D eigenvalue weighted by Gasteiger charge is -2.28. The first kappa shape index (κ1) is 20.7. The first-order chi connectivity index (χ1) is 13.8. The highest BCUT2D eigenvalue weighted by Gasteiger charge is 2.19. The van der Waals surface area contributed by atoms with Crippen molar-refractivity contribution in [3.05, 3.63) is 63.7 Å². The van der Waals surface area contributed by atoms with Crippen LogP contribution in [0.25, 0.3) is 0 Å². The van der Waals surface area contributed by atoms with Crippen LogP contribution in [0.15, 0.2) is 52.5 Å². The van der Waals surface area contributed by atoms with Crippen molar-refractivity contribution in [3.8, 4) is 0 Å². The second-order valence-corrected chi connectivity index (χ2v) is 8.30. The third kappa shape index (κ3) is 4.90. The zero-order valence-corrected chi connectivity index (χ0v) is 17.0. The van der Waals surface area contributed by atoms with Gasteiger partial charge in [0.1, 0.15) is 0 Å². The summed E-state index contributed by atoms with van der Waals surface area (Å²) in [6, 6.07) is 11.4. The highest BCUT2D eigenvalue weighted by molar-refractivity contribution is 7.89. The number of nitrogens with zero attached hydrogens (tertiary/aromatic N) is 3. The minimum atomic E-state index is -4.03. The summed E-state index contributed by atoms with van der Waals surface area (Å²) in [6.45, 7) is 6.28. The third-order valence-electron chi connectivity index (χ3n) is 4.68. The SMILES string of the molecule is C/C(=N\NS(=O)(=O)c1ccc(C)c([N+](=O)[O-])c1)c1ccc(N2CCOCC2)cc1. The maximum Gasteiger partial charge on any atom is 0.276 e. The molecular formula is C19H22N4O5S. The van der Waals surface area contributed by atoms with E-state index in [-0.39, 0.29) is 10.6 Å². The number of hydrogen-bond donors (Lipinski definition) is 1. The molecule has 0 saturated carbocycles. The van der Waals surface area contributed by atoms with Crippen molar-refractivity contribution in [3.63, 3.8) is 0 Å². The number of anilines is 1. The van der Waals surface area contributed by atoms with Crippen molar-refractivity contribution in [2.24, 2.45) is 5.10 Å². The lowest BCUT2D eigenvalue weighted by atomic mass is 10.1. The Morgan fingerprint density at radius 1 is 1.17 bits per heavy atom. The molecule has 3 rings (SSSR count). The molecule has 0 amide bonds. The van der Waals surface area contributed by atoms with Gasteiger partial charge < -0.3 is 9.64 Å². The number of ether oxygens (including phenoxy) is 1. The molecule has 2 aromatic carbocycles. The Morgan fingerprint density at radius 3 is 2.45 bits per heavy atom. The van der Waals surface area contributed by atoms with Crippen molar-refractivity contribution >= 4 is 27.1 Å². The molecule has 9 nitrogen and oxygen atoms in total. The molecular weight excluding hydrogens is 396 g/mol. The Hall–Kier alpha value is -2.98. The average molecular weight is 418 g/mol. The van der Waals surface area contributed by atoms with Crippen molar-refractivity contribution in [2.45, 2.75) is 18.7 Å². The highest BCUT2D eigenvalue weighted by Crippen LogP contribution is 2.22. The molecule has 0 spiro atoms. The number of benzene rings is 2. The van der Waals surface area contributed by atoms with Crippen LogP contribution in [0, 0.1) is 17.0 Å². The van der Waals surface area contributed by atoms with E-state index in [1.165, 1.54) is 12.1 Å². The third-order valence-corrected chi connectivity index (χ3v) is 5.89. The van der Waals surface area contributed by atoms with Crippen LogP contribution in [0.4, 0.5) is 11.4 Å². The van der Waals surface area contributed by atoms with Gasteiger partial charge in [-0.2, -0.15) is 18.4 Å². The van der Waals surface area contributed by atoms with Gasteiger partial charge in [-0.05, 0) is 37.6 Å². The molecule has 0 unspecified atom stereocenters. The van der Waals surface area contributed by atoms with Crippen molar-refractivity contribution in [2.75, 3.05) is 31.2 Å². The van der Waals surface area contributed by atoms with Gasteiger partial charge in [-0.1, -0.05) is 18.2 Å². The van der Waals surface area contributed by atoms with Crippen molar-refractivity contribution in [1.82, 2.24) is 4.83 Å². The van der Waals surface area contributed by atoms with Gasteiger partial charge >= 0.3 is 0 Å². The zero-order chi connectivity index (χ0) is 21.0. The molecule has 2 aromatic rings. The first-order valence-corrected chi connectivity index (χ1v) is 10.5. The van der Waals surface area contributed by atoms with Gasteiger partial charge in [0.25, 0.3) is 15.7 Å². The summed E-state index contributed by atoms with van der Waals surface area (Å²) in [6.07, 6.45) is 0. The van der Waals surface area contributed by atoms with Crippen LogP contribution in [-0.2, 0) is 14.8 Å². The number of aryl methyl sites for hydroxylation is 1. The summed E-state index contributed by atoms with van der Waals surface area (Å²) in [5.41, 5.74) is 2.43. The fourth-order valence-electron chi connectivity index (χ4n) is 2.93. The Morgan fingerprint density at radius 2 is 1.83 bits per heavy atom. The fraction of sp³-hybridized carbons (Fsp3) is 0.316. The summed E-state index contributed by atoms with van der Waals surface area (Å²) in [4.78, 5) is 14.6. The largest absolute Gasteiger partial charge is 0.378 e. The summed E-state index contributed by atoms with van der Waals surface area (Å²) < 4.78 is 30.3. The smallest absolute Gasteiger partial charge is 0.276 e. The molecule has 0 atom stereocenters. The molecule has 0 radical (unpaired) electrons. The van der Waals surface area contributed by atoms with Crippen LogP contribution in [0.3, 0.4) is 0 Å². The number of nitro benzene ring substituents is 1. The normalized spacial score (nSPS) is 15.2. The lowest BCUT2D eigenvalue weighted by Crippen LogP contribution is -2.36. The molecule has 1 aliphatic rings. The molecule has 0 aliphatic carbocycles. The number of nitrogens with one attached hydrogen (secondary N) is 1. The summed E-state index contributed by atoms with van der Waals surface area (Å²) in [7, 11) is -4.03. The van der Waals surface area contributed by atoms with Gasteiger partial charge in [-0.15, -0.1) is 0 Å². The Bertz CT molecular complexity index is 1030. The standard InChI is InChI=1S/C19H22N4O5S/c1-14-3-8-18(13-19(14)23(24)25)29(26,27)21-20-15(2)16-4-6-17(7-5-16)22-9-11-28-12-10-22/h3-8,13,21H,9-12H2,1-2H3/b20-15+. The monoisotopic (exact) mass is 418 g/mol. The number of hydrazone groups is 1. The summed E-state index contributed by atoms with van der Waals surface area (Å²) in [5, 5.41) is 15.0. The fourth-order valence-corrected chi connectivity index (χ4v) is 3.81. The van der Waals surface area contributed by atoms with E-state index in [2.05, 4.69) is 14.8 Å². The van der Waals surface area contributed by atoms with E-state index in [4.69, 9.17) is 4.74 Å². The van der Waals surface area contributed by atoms with Crippen molar-refractivity contribution < 1.29 is 18.1 Å². The van der Waals surface area contributed by atoms with Crippen LogP contribution in [-0.4, -0.2) is 45.4 Å². The number of sulfonamides is 1. The Kier molecular flexibility index (Phi) is 6.14. The molecule has 10 heteroatoms. The van der Waals surface area contributed by atoms with Gasteiger partial charge in [0.2, 0.25) is 0 Å². The second kappa shape index (κ2) is 8.58. The molecule has 1 saturated heterocycles. The summed E-state index contributed by atoms with van der Waals surface area (Å²) >= 11 is 0. The molecule has 1 aliphatic heterocycles. The predicted molar refractivity (Wildman–Crippen MR) is 110 cm³/mol. The van der Waals surface area contributed by atoms with Crippen LogP contribution < -0.4 is 9.73 Å². The predicted octanol–water partition coefficient (Wildman–Crippen LogP) is 2.44.